The van der Waals surface area contributed by atoms with Crippen LogP contribution in [0.15, 0.2) is 47.4 Å². The number of carbonyl (C=O) groups excluding carboxylic acids is 3. The monoisotopic (exact) mass is 433 g/mol. The van der Waals surface area contributed by atoms with Crippen molar-refractivity contribution in [2.45, 2.75) is 17.7 Å². The van der Waals surface area contributed by atoms with Gasteiger partial charge in [-0.25, -0.2) is 8.78 Å². The molecule has 0 atom stereocenters. The summed E-state index contributed by atoms with van der Waals surface area (Å²) >= 11 is 1.24. The van der Waals surface area contributed by atoms with Crippen molar-refractivity contribution in [2.24, 2.45) is 11.7 Å². The van der Waals surface area contributed by atoms with Gasteiger partial charge in [-0.3, -0.25) is 14.4 Å². The standard InChI is InChI=1S/C21H21F2N3O3S/c22-14-5-6-15(16(23)11-14)21(29)26-9-7-13(8-10-26)20(28)25-17-3-1-2-4-18(17)30-12-19(24)27/h1-6,11,13H,7-10,12H2,(H2,24,27)(H,25,28). The number of rotatable bonds is 6. The first-order chi connectivity index (χ1) is 14.3. The van der Waals surface area contributed by atoms with Crippen molar-refractivity contribution in [3.63, 3.8) is 0 Å². The van der Waals surface area contributed by atoms with E-state index in [1.807, 2.05) is 0 Å². The molecule has 2 aromatic carbocycles. The number of piperidine rings is 1. The molecule has 9 heteroatoms. The van der Waals surface area contributed by atoms with Gasteiger partial charge in [-0.15, -0.1) is 11.8 Å². The molecule has 1 heterocycles. The summed E-state index contributed by atoms with van der Waals surface area (Å²) in [6.07, 6.45) is 0.855. The van der Waals surface area contributed by atoms with E-state index in [1.54, 1.807) is 24.3 Å². The van der Waals surface area contributed by atoms with Crippen LogP contribution in [-0.2, 0) is 9.59 Å². The molecule has 1 fully saturated rings. The highest BCUT2D eigenvalue weighted by Crippen LogP contribution is 2.28. The second-order valence-corrected chi connectivity index (χ2v) is 7.95. The molecular weight excluding hydrogens is 412 g/mol. The van der Waals surface area contributed by atoms with Crippen LogP contribution in [0, 0.1) is 17.6 Å². The number of hydrogen-bond donors (Lipinski definition) is 2. The quantitative estimate of drug-likeness (QED) is 0.685. The van der Waals surface area contributed by atoms with E-state index in [-0.39, 0.29) is 23.1 Å². The van der Waals surface area contributed by atoms with E-state index in [0.717, 1.165) is 17.0 Å². The fourth-order valence-electron chi connectivity index (χ4n) is 3.26. The van der Waals surface area contributed by atoms with E-state index >= 15 is 0 Å². The lowest BCUT2D eigenvalue weighted by molar-refractivity contribution is -0.121. The van der Waals surface area contributed by atoms with Crippen LogP contribution >= 0.6 is 11.8 Å². The molecule has 3 N–H and O–H groups in total. The molecule has 0 aromatic heterocycles. The van der Waals surface area contributed by atoms with Crippen LogP contribution in [0.4, 0.5) is 14.5 Å². The fraction of sp³-hybridized carbons (Fsp3) is 0.286. The van der Waals surface area contributed by atoms with Gasteiger partial charge in [0, 0.05) is 30.0 Å². The number of thioether (sulfide) groups is 1. The first kappa shape index (κ1) is 21.8. The van der Waals surface area contributed by atoms with Gasteiger partial charge in [0.15, 0.2) is 0 Å². The third-order valence-electron chi connectivity index (χ3n) is 4.83. The summed E-state index contributed by atoms with van der Waals surface area (Å²) in [5, 5.41) is 2.88. The van der Waals surface area contributed by atoms with Gasteiger partial charge in [0.05, 0.1) is 17.0 Å². The molecule has 0 saturated carbocycles. The van der Waals surface area contributed by atoms with Crippen molar-refractivity contribution < 1.29 is 23.2 Å². The maximum Gasteiger partial charge on any atom is 0.256 e. The molecule has 1 saturated heterocycles. The molecule has 0 spiro atoms. The zero-order valence-electron chi connectivity index (χ0n) is 16.1. The molecule has 0 bridgehead atoms. The van der Waals surface area contributed by atoms with Gasteiger partial charge in [-0.2, -0.15) is 0 Å². The average molecular weight is 433 g/mol. The second-order valence-electron chi connectivity index (χ2n) is 6.93. The highest BCUT2D eigenvalue weighted by molar-refractivity contribution is 8.00. The Hall–Kier alpha value is -2.94. The SMILES string of the molecule is NC(=O)CSc1ccccc1NC(=O)C1CCN(C(=O)c2ccc(F)cc2F)CC1. The minimum Gasteiger partial charge on any atom is -0.369 e. The summed E-state index contributed by atoms with van der Waals surface area (Å²) in [5.41, 5.74) is 5.60. The summed E-state index contributed by atoms with van der Waals surface area (Å²) in [7, 11) is 0. The number of nitrogens with one attached hydrogen (secondary N) is 1. The topological polar surface area (TPSA) is 92.5 Å². The lowest BCUT2D eigenvalue weighted by atomic mass is 9.95. The first-order valence-electron chi connectivity index (χ1n) is 9.40. The highest BCUT2D eigenvalue weighted by atomic mass is 32.2. The Morgan fingerprint density at radius 3 is 2.47 bits per heavy atom. The van der Waals surface area contributed by atoms with Gasteiger partial charge >= 0.3 is 0 Å². The molecule has 0 aliphatic carbocycles. The molecule has 6 nitrogen and oxygen atoms in total. The molecule has 3 amide bonds. The van der Waals surface area contributed by atoms with Gasteiger partial charge in [0.2, 0.25) is 11.8 Å². The number of nitrogens with two attached hydrogens (primary N) is 1. The Balaban J connectivity index is 1.58. The van der Waals surface area contributed by atoms with Crippen molar-refractivity contribution >= 4 is 35.2 Å². The summed E-state index contributed by atoms with van der Waals surface area (Å²) in [4.78, 5) is 38.4. The molecule has 1 aliphatic heterocycles. The maximum absolute atomic E-state index is 13.9. The molecule has 158 valence electrons. The molecule has 2 aromatic rings. The van der Waals surface area contributed by atoms with Crippen molar-refractivity contribution in [3.8, 4) is 0 Å². The second kappa shape index (κ2) is 9.71. The van der Waals surface area contributed by atoms with Crippen molar-refractivity contribution in [1.29, 1.82) is 0 Å². The number of primary amides is 1. The minimum atomic E-state index is -0.898. The highest BCUT2D eigenvalue weighted by Gasteiger charge is 2.29. The summed E-state index contributed by atoms with van der Waals surface area (Å²) < 4.78 is 26.9. The van der Waals surface area contributed by atoms with E-state index in [9.17, 15) is 23.2 Å². The Morgan fingerprint density at radius 2 is 1.80 bits per heavy atom. The van der Waals surface area contributed by atoms with Gasteiger partial charge in [0.1, 0.15) is 11.6 Å². The summed E-state index contributed by atoms with van der Waals surface area (Å²) in [5.74, 6) is -2.98. The van der Waals surface area contributed by atoms with E-state index in [2.05, 4.69) is 5.32 Å². The van der Waals surface area contributed by atoms with Crippen LogP contribution in [-0.4, -0.2) is 41.5 Å². The van der Waals surface area contributed by atoms with Gasteiger partial charge < -0.3 is 16.0 Å². The van der Waals surface area contributed by atoms with Crippen LogP contribution in [0.2, 0.25) is 0 Å². The van der Waals surface area contributed by atoms with Gasteiger partial charge in [-0.05, 0) is 37.1 Å². The van der Waals surface area contributed by atoms with Crippen LogP contribution in [0.3, 0.4) is 0 Å². The predicted molar refractivity (Wildman–Crippen MR) is 110 cm³/mol. The molecule has 30 heavy (non-hydrogen) atoms. The molecule has 0 radical (unpaired) electrons. The number of carbonyl (C=O) groups is 3. The smallest absolute Gasteiger partial charge is 0.256 e. The number of amides is 3. The number of anilines is 1. The third kappa shape index (κ3) is 5.35. The predicted octanol–water partition coefficient (Wildman–Crippen LogP) is 3.03. The first-order valence-corrected chi connectivity index (χ1v) is 10.4. The van der Waals surface area contributed by atoms with E-state index in [1.165, 1.54) is 16.7 Å². The molecule has 1 aliphatic rings. The van der Waals surface area contributed by atoms with Gasteiger partial charge in [-0.1, -0.05) is 12.1 Å². The normalized spacial score (nSPS) is 14.4. The Morgan fingerprint density at radius 1 is 1.10 bits per heavy atom. The Bertz CT molecular complexity index is 962. The zero-order valence-corrected chi connectivity index (χ0v) is 16.9. The molecule has 3 rings (SSSR count). The van der Waals surface area contributed by atoms with Crippen LogP contribution in [0.5, 0.6) is 0 Å². The number of hydrogen-bond acceptors (Lipinski definition) is 4. The van der Waals surface area contributed by atoms with Crippen molar-refractivity contribution in [1.82, 2.24) is 4.90 Å². The number of nitrogens with zero attached hydrogens (tertiary/aromatic N) is 1. The lowest BCUT2D eigenvalue weighted by Gasteiger charge is -2.31. The van der Waals surface area contributed by atoms with E-state index in [0.29, 0.717) is 37.7 Å². The lowest BCUT2D eigenvalue weighted by Crippen LogP contribution is -2.41. The summed E-state index contributed by atoms with van der Waals surface area (Å²) in [6, 6.07) is 9.98. The number of benzene rings is 2. The summed E-state index contributed by atoms with van der Waals surface area (Å²) in [6.45, 7) is 0.595. The van der Waals surface area contributed by atoms with E-state index in [4.69, 9.17) is 5.73 Å². The number of likely N-dealkylation sites (tertiary alicyclic amines) is 1. The van der Waals surface area contributed by atoms with Crippen molar-refractivity contribution in [2.75, 3.05) is 24.2 Å². The fourth-order valence-corrected chi connectivity index (χ4v) is 4.00. The number of halogens is 2. The Labute approximate surface area is 176 Å². The maximum atomic E-state index is 13.9. The van der Waals surface area contributed by atoms with E-state index < -0.39 is 23.4 Å². The molecular formula is C21H21F2N3O3S. The zero-order chi connectivity index (χ0) is 21.7. The van der Waals surface area contributed by atoms with Crippen molar-refractivity contribution in [3.05, 3.63) is 59.7 Å². The van der Waals surface area contributed by atoms with Crippen LogP contribution in [0.1, 0.15) is 23.2 Å². The molecule has 0 unspecified atom stereocenters. The third-order valence-corrected chi connectivity index (χ3v) is 5.93. The average Bonchev–Trinajstić information content (AvgIpc) is 2.72. The van der Waals surface area contributed by atoms with Crippen LogP contribution in [0.25, 0.3) is 0 Å². The Kier molecular flexibility index (Phi) is 7.04. The largest absolute Gasteiger partial charge is 0.369 e. The van der Waals surface area contributed by atoms with Crippen LogP contribution < -0.4 is 11.1 Å². The van der Waals surface area contributed by atoms with Gasteiger partial charge in [0.25, 0.3) is 5.91 Å². The number of para-hydroxylation sites is 1. The minimum absolute atomic E-state index is 0.104.